The zero-order chi connectivity index (χ0) is 17.6. The maximum atomic E-state index is 12.3. The standard InChI is InChI=1S/C18H34O4/c1-7-9-11-16(3,4)18(15(21)22,13-14(19)20)17(5,6)12-10-8-2/h7-13H2,1-6H3,(H,19,20)(H,21,22). The van der Waals surface area contributed by atoms with Crippen LogP contribution < -0.4 is 0 Å². The molecule has 0 bridgehead atoms. The number of hydrogen-bond acceptors (Lipinski definition) is 2. The van der Waals surface area contributed by atoms with Crippen molar-refractivity contribution in [3.8, 4) is 0 Å². The Morgan fingerprint density at radius 2 is 1.18 bits per heavy atom. The lowest BCUT2D eigenvalue weighted by molar-refractivity contribution is -0.180. The van der Waals surface area contributed by atoms with Crippen LogP contribution in [0.25, 0.3) is 0 Å². The fourth-order valence-electron chi connectivity index (χ4n) is 3.94. The van der Waals surface area contributed by atoms with E-state index in [2.05, 4.69) is 13.8 Å². The van der Waals surface area contributed by atoms with Gasteiger partial charge >= 0.3 is 11.9 Å². The van der Waals surface area contributed by atoms with E-state index in [4.69, 9.17) is 0 Å². The van der Waals surface area contributed by atoms with Crippen LogP contribution in [-0.4, -0.2) is 22.2 Å². The van der Waals surface area contributed by atoms with Gasteiger partial charge in [0.05, 0.1) is 11.8 Å². The molecule has 4 heteroatoms. The first kappa shape index (κ1) is 20.9. The Balaban J connectivity index is 6.01. The summed E-state index contributed by atoms with van der Waals surface area (Å²) in [5, 5.41) is 19.5. The monoisotopic (exact) mass is 314 g/mol. The van der Waals surface area contributed by atoms with Crippen molar-refractivity contribution in [2.75, 3.05) is 0 Å². The minimum Gasteiger partial charge on any atom is -0.481 e. The minimum absolute atomic E-state index is 0.324. The lowest BCUT2D eigenvalue weighted by Gasteiger charge is -2.53. The summed E-state index contributed by atoms with van der Waals surface area (Å²) in [7, 11) is 0. The minimum atomic E-state index is -1.27. The van der Waals surface area contributed by atoms with Crippen molar-refractivity contribution in [1.82, 2.24) is 0 Å². The topological polar surface area (TPSA) is 74.6 Å². The summed E-state index contributed by atoms with van der Waals surface area (Å²) < 4.78 is 0. The first-order chi connectivity index (χ1) is 9.98. The smallest absolute Gasteiger partial charge is 0.311 e. The van der Waals surface area contributed by atoms with E-state index in [0.717, 1.165) is 38.5 Å². The highest BCUT2D eigenvalue weighted by Gasteiger charge is 2.60. The maximum absolute atomic E-state index is 12.3. The lowest BCUT2D eigenvalue weighted by Crippen LogP contribution is -2.55. The molecule has 0 aromatic carbocycles. The Labute approximate surface area is 135 Å². The van der Waals surface area contributed by atoms with Gasteiger partial charge < -0.3 is 10.2 Å². The summed E-state index contributed by atoms with van der Waals surface area (Å²) in [5.74, 6) is -2.01. The number of aliphatic carboxylic acids is 2. The highest BCUT2D eigenvalue weighted by molar-refractivity contribution is 5.83. The van der Waals surface area contributed by atoms with Gasteiger partial charge in [0.1, 0.15) is 0 Å². The molecule has 0 radical (unpaired) electrons. The normalized spacial score (nSPS) is 13.2. The Hall–Kier alpha value is -1.06. The average molecular weight is 314 g/mol. The van der Waals surface area contributed by atoms with Gasteiger partial charge in [-0.15, -0.1) is 0 Å². The van der Waals surface area contributed by atoms with Crippen molar-refractivity contribution in [3.05, 3.63) is 0 Å². The quantitative estimate of drug-likeness (QED) is 0.565. The van der Waals surface area contributed by atoms with Gasteiger partial charge in [0.2, 0.25) is 0 Å². The molecule has 0 atom stereocenters. The van der Waals surface area contributed by atoms with Gasteiger partial charge in [-0.05, 0) is 23.7 Å². The predicted molar refractivity (Wildman–Crippen MR) is 88.9 cm³/mol. The molecule has 0 aliphatic carbocycles. The fraction of sp³-hybridized carbons (Fsp3) is 0.889. The molecule has 0 rings (SSSR count). The highest BCUT2D eigenvalue weighted by atomic mass is 16.4. The van der Waals surface area contributed by atoms with E-state index in [1.54, 1.807) is 0 Å². The molecular weight excluding hydrogens is 280 g/mol. The van der Waals surface area contributed by atoms with E-state index in [0.29, 0.717) is 0 Å². The number of unbranched alkanes of at least 4 members (excludes halogenated alkanes) is 2. The van der Waals surface area contributed by atoms with Gasteiger partial charge in [-0.3, -0.25) is 9.59 Å². The third-order valence-corrected chi connectivity index (χ3v) is 5.40. The van der Waals surface area contributed by atoms with Crippen molar-refractivity contribution >= 4 is 11.9 Å². The van der Waals surface area contributed by atoms with Crippen LogP contribution in [0.15, 0.2) is 0 Å². The Morgan fingerprint density at radius 3 is 1.41 bits per heavy atom. The van der Waals surface area contributed by atoms with Gasteiger partial charge in [-0.2, -0.15) is 0 Å². The molecule has 22 heavy (non-hydrogen) atoms. The number of carbonyl (C=O) groups is 2. The van der Waals surface area contributed by atoms with E-state index in [-0.39, 0.29) is 6.42 Å². The molecule has 0 heterocycles. The van der Waals surface area contributed by atoms with Gasteiger partial charge in [0, 0.05) is 0 Å². The van der Waals surface area contributed by atoms with Gasteiger partial charge in [-0.25, -0.2) is 0 Å². The average Bonchev–Trinajstić information content (AvgIpc) is 2.39. The molecule has 0 saturated heterocycles. The molecule has 0 unspecified atom stereocenters. The molecule has 0 spiro atoms. The van der Waals surface area contributed by atoms with Crippen LogP contribution in [0.2, 0.25) is 0 Å². The van der Waals surface area contributed by atoms with Crippen molar-refractivity contribution in [1.29, 1.82) is 0 Å². The first-order valence-corrected chi connectivity index (χ1v) is 8.43. The van der Waals surface area contributed by atoms with Crippen LogP contribution in [0, 0.1) is 16.2 Å². The van der Waals surface area contributed by atoms with Crippen LogP contribution >= 0.6 is 0 Å². The number of carboxylic acid groups (broad SMARTS) is 2. The lowest BCUT2D eigenvalue weighted by atomic mass is 9.49. The SMILES string of the molecule is CCCCC(C)(C)C(CC(=O)O)(C(=O)O)C(C)(C)CCCC. The van der Waals surface area contributed by atoms with E-state index in [1.807, 2.05) is 27.7 Å². The van der Waals surface area contributed by atoms with Crippen molar-refractivity contribution in [3.63, 3.8) is 0 Å². The van der Waals surface area contributed by atoms with Crippen molar-refractivity contribution < 1.29 is 19.8 Å². The predicted octanol–water partition coefficient (Wildman–Crippen LogP) is 4.96. The highest BCUT2D eigenvalue weighted by Crippen LogP contribution is 2.58. The number of hydrogen-bond donors (Lipinski definition) is 2. The molecule has 2 N–H and O–H groups in total. The molecule has 130 valence electrons. The second kappa shape index (κ2) is 7.98. The number of carboxylic acids is 2. The van der Waals surface area contributed by atoms with E-state index < -0.39 is 28.2 Å². The summed E-state index contributed by atoms with van der Waals surface area (Å²) >= 11 is 0. The zero-order valence-electron chi connectivity index (χ0n) is 15.2. The molecule has 0 amide bonds. The van der Waals surface area contributed by atoms with Gasteiger partial charge in [0.15, 0.2) is 0 Å². The van der Waals surface area contributed by atoms with Crippen LogP contribution in [-0.2, 0) is 9.59 Å². The molecule has 0 fully saturated rings. The van der Waals surface area contributed by atoms with Crippen molar-refractivity contribution in [2.24, 2.45) is 16.2 Å². The Bertz CT molecular complexity index is 363. The van der Waals surface area contributed by atoms with Gasteiger partial charge in [-0.1, -0.05) is 67.2 Å². The Kier molecular flexibility index (Phi) is 7.60. The zero-order valence-corrected chi connectivity index (χ0v) is 15.2. The van der Waals surface area contributed by atoms with Crippen LogP contribution in [0.5, 0.6) is 0 Å². The Morgan fingerprint density at radius 1 is 0.818 bits per heavy atom. The van der Waals surface area contributed by atoms with E-state index >= 15 is 0 Å². The molecule has 0 saturated carbocycles. The second-order valence-corrected chi connectivity index (χ2v) is 7.76. The third kappa shape index (κ3) is 4.23. The largest absolute Gasteiger partial charge is 0.481 e. The van der Waals surface area contributed by atoms with E-state index in [1.165, 1.54) is 0 Å². The molecular formula is C18H34O4. The molecule has 0 aromatic heterocycles. The maximum Gasteiger partial charge on any atom is 0.311 e. The van der Waals surface area contributed by atoms with Crippen LogP contribution in [0.4, 0.5) is 0 Å². The summed E-state index contributed by atoms with van der Waals surface area (Å²) in [5.41, 5.74) is -2.43. The van der Waals surface area contributed by atoms with E-state index in [9.17, 15) is 19.8 Å². The van der Waals surface area contributed by atoms with Gasteiger partial charge in [0.25, 0.3) is 0 Å². The first-order valence-electron chi connectivity index (χ1n) is 8.43. The van der Waals surface area contributed by atoms with Crippen molar-refractivity contribution in [2.45, 2.75) is 86.5 Å². The molecule has 0 aromatic rings. The second-order valence-electron chi connectivity index (χ2n) is 7.76. The molecule has 0 aliphatic rings. The molecule has 0 aliphatic heterocycles. The third-order valence-electron chi connectivity index (χ3n) is 5.40. The molecule has 4 nitrogen and oxygen atoms in total. The summed E-state index contributed by atoms with van der Waals surface area (Å²) in [6.45, 7) is 11.8. The fourth-order valence-corrected chi connectivity index (χ4v) is 3.94. The summed E-state index contributed by atoms with van der Waals surface area (Å²) in [4.78, 5) is 23.8. The summed E-state index contributed by atoms with van der Waals surface area (Å²) in [6.07, 6.45) is 4.88. The van der Waals surface area contributed by atoms with Crippen LogP contribution in [0.3, 0.4) is 0 Å². The van der Waals surface area contributed by atoms with Crippen LogP contribution in [0.1, 0.15) is 86.5 Å². The summed E-state index contributed by atoms with van der Waals surface area (Å²) in [6, 6.07) is 0. The number of rotatable bonds is 11.